The number of benzene rings is 1. The van der Waals surface area contributed by atoms with Gasteiger partial charge in [-0.3, -0.25) is 14.9 Å². The SMILES string of the molecule is NCCCCC(NC(CCc1ccccc1)C(=O)O)C(=O)N1CCC[C@H]1C(=O)O.O.O. The summed E-state index contributed by atoms with van der Waals surface area (Å²) in [6.07, 6.45) is 3.76. The Labute approximate surface area is 182 Å². The molecule has 3 atom stereocenters. The molecule has 1 aromatic rings. The molecule has 0 aromatic heterocycles. The molecule has 31 heavy (non-hydrogen) atoms. The van der Waals surface area contributed by atoms with E-state index < -0.39 is 30.1 Å². The standard InChI is InChI=1S/C21H31N3O5.2H2O/c22-13-5-4-9-16(19(25)24-14-6-10-18(24)21(28)29)23-17(20(26)27)12-11-15-7-2-1-3-8-15;;/h1-3,7-8,16-18,23H,4-6,9-14,22H2,(H,26,27)(H,28,29);2*1H2/t16?,17?,18-;;/m0../s1. The number of carboxylic acid groups (broad SMARTS) is 2. The van der Waals surface area contributed by atoms with Crippen molar-refractivity contribution in [1.29, 1.82) is 0 Å². The van der Waals surface area contributed by atoms with Gasteiger partial charge in [-0.2, -0.15) is 0 Å². The number of hydrogen-bond donors (Lipinski definition) is 4. The monoisotopic (exact) mass is 441 g/mol. The fourth-order valence-electron chi connectivity index (χ4n) is 3.73. The zero-order valence-corrected chi connectivity index (χ0v) is 17.6. The number of amides is 1. The number of carbonyl (C=O) groups excluding carboxylic acids is 1. The van der Waals surface area contributed by atoms with Crippen LogP contribution < -0.4 is 11.1 Å². The van der Waals surface area contributed by atoms with E-state index in [0.717, 1.165) is 12.0 Å². The molecule has 1 saturated heterocycles. The van der Waals surface area contributed by atoms with Crippen LogP contribution in [0.25, 0.3) is 0 Å². The molecule has 0 saturated carbocycles. The Kier molecular flexibility index (Phi) is 13.3. The van der Waals surface area contributed by atoms with Crippen molar-refractivity contribution in [1.82, 2.24) is 10.2 Å². The summed E-state index contributed by atoms with van der Waals surface area (Å²) in [5.41, 5.74) is 6.57. The molecule has 10 heteroatoms. The van der Waals surface area contributed by atoms with Gasteiger partial charge in [-0.1, -0.05) is 36.8 Å². The maximum atomic E-state index is 13.1. The minimum Gasteiger partial charge on any atom is -0.480 e. The Morgan fingerprint density at radius 2 is 1.74 bits per heavy atom. The number of aryl methyl sites for hydroxylation is 1. The average Bonchev–Trinajstić information content (AvgIpc) is 3.20. The van der Waals surface area contributed by atoms with Crippen molar-refractivity contribution in [2.45, 2.75) is 63.1 Å². The summed E-state index contributed by atoms with van der Waals surface area (Å²) >= 11 is 0. The van der Waals surface area contributed by atoms with Crippen LogP contribution in [0, 0.1) is 0 Å². The molecular weight excluding hydrogens is 406 g/mol. The molecule has 2 rings (SSSR count). The summed E-state index contributed by atoms with van der Waals surface area (Å²) in [6, 6.07) is 7.10. The van der Waals surface area contributed by atoms with E-state index in [4.69, 9.17) is 5.73 Å². The summed E-state index contributed by atoms with van der Waals surface area (Å²) in [6.45, 7) is 0.866. The maximum absolute atomic E-state index is 13.1. The first-order valence-electron chi connectivity index (χ1n) is 10.2. The maximum Gasteiger partial charge on any atom is 0.326 e. The number of unbranched alkanes of at least 4 members (excludes halogenated alkanes) is 1. The van der Waals surface area contributed by atoms with Crippen molar-refractivity contribution < 1.29 is 35.5 Å². The Hall–Kier alpha value is -2.53. The number of carbonyl (C=O) groups is 3. The van der Waals surface area contributed by atoms with Gasteiger partial charge in [0, 0.05) is 6.54 Å². The van der Waals surface area contributed by atoms with Crippen LogP contribution in [0.4, 0.5) is 0 Å². The highest BCUT2D eigenvalue weighted by atomic mass is 16.4. The molecule has 1 amide bonds. The van der Waals surface area contributed by atoms with E-state index in [1.165, 1.54) is 4.90 Å². The first kappa shape index (κ1) is 28.5. The first-order chi connectivity index (χ1) is 13.9. The van der Waals surface area contributed by atoms with Gasteiger partial charge in [-0.25, -0.2) is 4.79 Å². The molecule has 10 nitrogen and oxygen atoms in total. The Bertz CT molecular complexity index is 687. The zero-order chi connectivity index (χ0) is 21.2. The molecule has 2 unspecified atom stereocenters. The average molecular weight is 442 g/mol. The van der Waals surface area contributed by atoms with Gasteiger partial charge >= 0.3 is 11.9 Å². The van der Waals surface area contributed by atoms with Crippen molar-refractivity contribution in [2.75, 3.05) is 13.1 Å². The molecule has 1 fully saturated rings. The van der Waals surface area contributed by atoms with Gasteiger partial charge in [-0.05, 0) is 50.6 Å². The van der Waals surface area contributed by atoms with Crippen LogP contribution in [0.3, 0.4) is 0 Å². The normalized spacial score (nSPS) is 17.2. The van der Waals surface area contributed by atoms with Gasteiger partial charge in [-0.15, -0.1) is 0 Å². The summed E-state index contributed by atoms with van der Waals surface area (Å²) < 4.78 is 0. The highest BCUT2D eigenvalue weighted by Crippen LogP contribution is 2.20. The number of nitrogens with one attached hydrogen (secondary N) is 1. The van der Waals surface area contributed by atoms with E-state index in [9.17, 15) is 24.6 Å². The van der Waals surface area contributed by atoms with Crippen LogP contribution >= 0.6 is 0 Å². The lowest BCUT2D eigenvalue weighted by atomic mass is 10.0. The number of likely N-dealkylation sites (tertiary alicyclic amines) is 1. The van der Waals surface area contributed by atoms with Gasteiger partial charge in [0.05, 0.1) is 6.04 Å². The highest BCUT2D eigenvalue weighted by Gasteiger charge is 2.38. The van der Waals surface area contributed by atoms with Crippen LogP contribution in [-0.4, -0.2) is 75.1 Å². The van der Waals surface area contributed by atoms with E-state index in [1.54, 1.807) is 0 Å². The number of carboxylic acids is 2. The predicted molar refractivity (Wildman–Crippen MR) is 116 cm³/mol. The molecular formula is C21H35N3O7. The Morgan fingerprint density at radius 3 is 2.32 bits per heavy atom. The third-order valence-electron chi connectivity index (χ3n) is 5.33. The van der Waals surface area contributed by atoms with E-state index in [0.29, 0.717) is 51.6 Å². The number of nitrogens with zero attached hydrogens (tertiary/aromatic N) is 1. The van der Waals surface area contributed by atoms with Gasteiger partial charge in [0.1, 0.15) is 12.1 Å². The summed E-state index contributed by atoms with van der Waals surface area (Å²) in [5.74, 6) is -2.37. The zero-order valence-electron chi connectivity index (χ0n) is 17.6. The topological polar surface area (TPSA) is 196 Å². The van der Waals surface area contributed by atoms with Crippen LogP contribution in [0.15, 0.2) is 30.3 Å². The number of rotatable bonds is 12. The molecule has 1 aliphatic heterocycles. The Morgan fingerprint density at radius 1 is 1.06 bits per heavy atom. The molecule has 0 bridgehead atoms. The third kappa shape index (κ3) is 8.62. The molecule has 0 aliphatic carbocycles. The van der Waals surface area contributed by atoms with Crippen molar-refractivity contribution in [3.63, 3.8) is 0 Å². The quantitative estimate of drug-likeness (QED) is 0.316. The second-order valence-electron chi connectivity index (χ2n) is 7.45. The van der Waals surface area contributed by atoms with E-state index >= 15 is 0 Å². The van der Waals surface area contributed by atoms with Crippen LogP contribution in [-0.2, 0) is 20.8 Å². The lowest BCUT2D eigenvalue weighted by Crippen LogP contribution is -2.54. The van der Waals surface area contributed by atoms with Crippen molar-refractivity contribution in [2.24, 2.45) is 5.73 Å². The van der Waals surface area contributed by atoms with E-state index in [2.05, 4.69) is 5.32 Å². The van der Waals surface area contributed by atoms with E-state index in [1.807, 2.05) is 30.3 Å². The van der Waals surface area contributed by atoms with Gasteiger partial charge < -0.3 is 31.8 Å². The summed E-state index contributed by atoms with van der Waals surface area (Å²) in [7, 11) is 0. The lowest BCUT2D eigenvalue weighted by molar-refractivity contribution is -0.149. The molecule has 9 N–H and O–H groups in total. The van der Waals surface area contributed by atoms with Crippen LogP contribution in [0.1, 0.15) is 44.1 Å². The molecule has 1 heterocycles. The number of hydrogen-bond acceptors (Lipinski definition) is 5. The molecule has 0 radical (unpaired) electrons. The largest absolute Gasteiger partial charge is 0.480 e. The highest BCUT2D eigenvalue weighted by molar-refractivity contribution is 5.88. The van der Waals surface area contributed by atoms with Crippen LogP contribution in [0.5, 0.6) is 0 Å². The first-order valence-corrected chi connectivity index (χ1v) is 10.2. The predicted octanol–water partition coefficient (Wildman–Crippen LogP) is -0.414. The van der Waals surface area contributed by atoms with Crippen molar-refractivity contribution in [3.8, 4) is 0 Å². The second-order valence-corrected chi connectivity index (χ2v) is 7.45. The summed E-state index contributed by atoms with van der Waals surface area (Å²) in [4.78, 5) is 37.7. The molecule has 1 aliphatic rings. The third-order valence-corrected chi connectivity index (χ3v) is 5.33. The Balaban J connectivity index is 0.00000450. The molecule has 176 valence electrons. The van der Waals surface area contributed by atoms with Crippen LogP contribution in [0.2, 0.25) is 0 Å². The minimum atomic E-state index is -1.02. The van der Waals surface area contributed by atoms with E-state index in [-0.39, 0.29) is 16.9 Å². The van der Waals surface area contributed by atoms with Gasteiger partial charge in [0.25, 0.3) is 0 Å². The lowest BCUT2D eigenvalue weighted by Gasteiger charge is -2.29. The smallest absolute Gasteiger partial charge is 0.326 e. The van der Waals surface area contributed by atoms with Crippen molar-refractivity contribution in [3.05, 3.63) is 35.9 Å². The minimum absolute atomic E-state index is 0. The van der Waals surface area contributed by atoms with Gasteiger partial charge in [0.15, 0.2) is 0 Å². The van der Waals surface area contributed by atoms with Crippen molar-refractivity contribution >= 4 is 17.8 Å². The second kappa shape index (κ2) is 14.5. The molecule has 1 aromatic carbocycles. The van der Waals surface area contributed by atoms with Gasteiger partial charge in [0.2, 0.25) is 5.91 Å². The number of aliphatic carboxylic acids is 2. The fraction of sp³-hybridized carbons (Fsp3) is 0.571. The fourth-order valence-corrected chi connectivity index (χ4v) is 3.73. The number of nitrogens with two attached hydrogens (primary N) is 1. The summed E-state index contributed by atoms with van der Waals surface area (Å²) in [5, 5.41) is 22.0. The molecule has 0 spiro atoms.